The van der Waals surface area contributed by atoms with Crippen molar-refractivity contribution in [3.05, 3.63) is 12.3 Å². The van der Waals surface area contributed by atoms with Crippen LogP contribution in [0.3, 0.4) is 0 Å². The van der Waals surface area contributed by atoms with Crippen molar-refractivity contribution in [1.29, 1.82) is 0 Å². The van der Waals surface area contributed by atoms with E-state index in [0.717, 1.165) is 19.3 Å². The zero-order valence-electron chi connectivity index (χ0n) is 13.5. The average molecular weight is 329 g/mol. The highest BCUT2D eigenvalue weighted by Gasteiger charge is 2.28. The largest absolute Gasteiger partial charge is 0.490 e. The number of hydrogen-bond acceptors (Lipinski definition) is 6. The van der Waals surface area contributed by atoms with Crippen LogP contribution in [0, 0.1) is 0 Å². The van der Waals surface area contributed by atoms with Crippen LogP contribution in [0.5, 0.6) is 5.88 Å². The summed E-state index contributed by atoms with van der Waals surface area (Å²) in [4.78, 5) is 7.98. The van der Waals surface area contributed by atoms with Gasteiger partial charge >= 0.3 is 13.7 Å². The Bertz CT molecular complexity index is 532. The summed E-state index contributed by atoms with van der Waals surface area (Å²) in [6.07, 6.45) is 1.12. The van der Waals surface area contributed by atoms with Crippen molar-refractivity contribution >= 4 is 18.3 Å². The van der Waals surface area contributed by atoms with Gasteiger partial charge in [0, 0.05) is 43.4 Å². The quantitative estimate of drug-likeness (QED) is 0.774. The first-order valence-electron chi connectivity index (χ1n) is 7.49. The second-order valence-corrected chi connectivity index (χ2v) is 6.49. The summed E-state index contributed by atoms with van der Waals surface area (Å²) in [6, 6.07) is 1.43. The third-order valence-corrected chi connectivity index (χ3v) is 3.92. The molecule has 1 aromatic rings. The Kier molecular flexibility index (Phi) is 5.43. The Hall–Kier alpha value is -1.45. The molecule has 2 N–H and O–H groups in total. The van der Waals surface area contributed by atoms with Crippen LogP contribution in [0.4, 0.5) is 14.5 Å². The van der Waals surface area contributed by atoms with E-state index >= 15 is 0 Å². The fraction of sp³-hybridized carbons (Fsp3) is 0.643. The predicted octanol–water partition coefficient (Wildman–Crippen LogP) is 0.283. The topological polar surface area (TPSA) is 69.1 Å². The number of hydrogen-bond donors (Lipinski definition) is 2. The van der Waals surface area contributed by atoms with E-state index in [4.69, 9.17) is 0 Å². The summed E-state index contributed by atoms with van der Waals surface area (Å²) in [5.41, 5.74) is 0.528. The van der Waals surface area contributed by atoms with E-state index in [1.807, 2.05) is 4.90 Å². The molecule has 1 aromatic heterocycles. The van der Waals surface area contributed by atoms with Gasteiger partial charge in [0.25, 0.3) is 0 Å². The van der Waals surface area contributed by atoms with Gasteiger partial charge in [-0.05, 0) is 26.8 Å². The second-order valence-electron chi connectivity index (χ2n) is 6.49. The summed E-state index contributed by atoms with van der Waals surface area (Å²) in [6.45, 7) is 6.15. The molecule has 23 heavy (non-hydrogen) atoms. The maximum Gasteiger partial charge on any atom is 0.490 e. The fourth-order valence-corrected chi connectivity index (χ4v) is 2.62. The molecule has 0 atom stereocenters. The smallest absolute Gasteiger partial charge is 0.423 e. The van der Waals surface area contributed by atoms with Gasteiger partial charge in [-0.2, -0.15) is 8.78 Å². The minimum atomic E-state index is -2.98. The van der Waals surface area contributed by atoms with E-state index in [1.54, 1.807) is 0 Å². The van der Waals surface area contributed by atoms with Crippen LogP contribution in [-0.4, -0.2) is 65.4 Å². The highest BCUT2D eigenvalue weighted by molar-refractivity contribution is 6.58. The lowest BCUT2D eigenvalue weighted by molar-refractivity contribution is -0.0525. The van der Waals surface area contributed by atoms with Crippen LogP contribution in [0.2, 0.25) is 0 Å². The van der Waals surface area contributed by atoms with Gasteiger partial charge in [0.15, 0.2) is 0 Å². The van der Waals surface area contributed by atoms with Crippen molar-refractivity contribution in [2.24, 2.45) is 0 Å². The monoisotopic (exact) mass is 329 g/mol. The summed E-state index contributed by atoms with van der Waals surface area (Å²) < 4.78 is 29.6. The van der Waals surface area contributed by atoms with Crippen molar-refractivity contribution in [2.45, 2.75) is 32.9 Å². The van der Waals surface area contributed by atoms with Crippen LogP contribution >= 0.6 is 0 Å². The van der Waals surface area contributed by atoms with E-state index in [0.29, 0.717) is 18.8 Å². The van der Waals surface area contributed by atoms with Gasteiger partial charge in [0.05, 0.1) is 5.69 Å². The third-order valence-electron chi connectivity index (χ3n) is 3.92. The Morgan fingerprint density at radius 3 is 2.30 bits per heavy atom. The van der Waals surface area contributed by atoms with Crippen molar-refractivity contribution in [3.63, 3.8) is 0 Å². The summed E-state index contributed by atoms with van der Waals surface area (Å²) in [5.74, 6) is -0.200. The number of halogens is 2. The first-order chi connectivity index (χ1) is 10.7. The Morgan fingerprint density at radius 1 is 1.22 bits per heavy atom. The van der Waals surface area contributed by atoms with Gasteiger partial charge < -0.3 is 19.7 Å². The minimum absolute atomic E-state index is 0.0375. The summed E-state index contributed by atoms with van der Waals surface area (Å²) in [5, 5.41) is 18.5. The van der Waals surface area contributed by atoms with E-state index in [9.17, 15) is 18.8 Å². The minimum Gasteiger partial charge on any atom is -0.423 e. The maximum absolute atomic E-state index is 12.6. The molecule has 0 aliphatic carbocycles. The highest BCUT2D eigenvalue weighted by atomic mass is 19.3. The molecule has 1 aliphatic heterocycles. The summed E-state index contributed by atoms with van der Waals surface area (Å²) >= 11 is 0. The lowest BCUT2D eigenvalue weighted by atomic mass is 9.81. The first-order valence-corrected chi connectivity index (χ1v) is 7.49. The lowest BCUT2D eigenvalue weighted by Gasteiger charge is -2.43. The Balaban J connectivity index is 2.21. The third kappa shape index (κ3) is 4.52. The van der Waals surface area contributed by atoms with E-state index in [1.165, 1.54) is 6.07 Å². The van der Waals surface area contributed by atoms with Crippen LogP contribution in [0.25, 0.3) is 0 Å². The van der Waals surface area contributed by atoms with Gasteiger partial charge in [-0.25, -0.2) is 4.98 Å². The molecule has 0 aromatic carbocycles. The molecule has 0 bridgehead atoms. The molecular weight excluding hydrogens is 307 g/mol. The number of ether oxygens (including phenoxy) is 1. The van der Waals surface area contributed by atoms with Gasteiger partial charge in [-0.3, -0.25) is 4.90 Å². The molecule has 0 unspecified atom stereocenters. The molecule has 0 amide bonds. The molecule has 2 heterocycles. The van der Waals surface area contributed by atoms with Gasteiger partial charge in [-0.15, -0.1) is 0 Å². The summed E-state index contributed by atoms with van der Waals surface area (Å²) in [7, 11) is -1.71. The number of aromatic nitrogens is 1. The molecular formula is C14H22BF2N3O3. The van der Waals surface area contributed by atoms with Gasteiger partial charge in [0.2, 0.25) is 5.88 Å². The van der Waals surface area contributed by atoms with Crippen molar-refractivity contribution in [1.82, 2.24) is 9.88 Å². The highest BCUT2D eigenvalue weighted by Crippen LogP contribution is 2.28. The standard InChI is InChI=1S/C14H22BF2N3O3/c1-14(2,3)20-6-4-19(5-7-20)11-8-10(15(21)22)9-18-12(11)23-13(16)17/h8-9,13,21-22H,4-7H2,1-3H3. The lowest BCUT2D eigenvalue weighted by Crippen LogP contribution is -2.53. The molecule has 1 fully saturated rings. The molecule has 6 nitrogen and oxygen atoms in total. The molecule has 0 saturated carbocycles. The van der Waals surface area contributed by atoms with Crippen molar-refractivity contribution in [2.75, 3.05) is 31.1 Å². The number of rotatable bonds is 4. The number of pyridine rings is 1. The molecule has 0 spiro atoms. The fourth-order valence-electron chi connectivity index (χ4n) is 2.62. The first kappa shape index (κ1) is 17.9. The number of anilines is 1. The van der Waals surface area contributed by atoms with Crippen LogP contribution in [-0.2, 0) is 0 Å². The molecule has 0 radical (unpaired) electrons. The van der Waals surface area contributed by atoms with E-state index < -0.39 is 13.7 Å². The second kappa shape index (κ2) is 6.98. The van der Waals surface area contributed by atoms with Crippen LogP contribution in [0.15, 0.2) is 12.3 Å². The Morgan fingerprint density at radius 2 is 1.83 bits per heavy atom. The molecule has 9 heteroatoms. The van der Waals surface area contributed by atoms with Gasteiger partial charge in [0.1, 0.15) is 0 Å². The molecule has 1 aliphatic rings. The molecule has 128 valence electrons. The van der Waals surface area contributed by atoms with Gasteiger partial charge in [-0.1, -0.05) is 0 Å². The van der Waals surface area contributed by atoms with Crippen LogP contribution in [0.1, 0.15) is 20.8 Å². The van der Waals surface area contributed by atoms with Crippen molar-refractivity contribution < 1.29 is 23.6 Å². The predicted molar refractivity (Wildman–Crippen MR) is 84.2 cm³/mol. The maximum atomic E-state index is 12.6. The van der Waals surface area contributed by atoms with Crippen molar-refractivity contribution in [3.8, 4) is 5.88 Å². The Labute approximate surface area is 134 Å². The number of nitrogens with zero attached hydrogens (tertiary/aromatic N) is 3. The normalized spacial score (nSPS) is 16.8. The zero-order valence-corrected chi connectivity index (χ0v) is 13.5. The number of alkyl halides is 2. The van der Waals surface area contributed by atoms with E-state index in [2.05, 4.69) is 35.4 Å². The SMILES string of the molecule is CC(C)(C)N1CCN(c2cc(B(O)O)cnc2OC(F)F)CC1. The average Bonchev–Trinajstić information content (AvgIpc) is 2.46. The zero-order chi connectivity index (χ0) is 17.2. The van der Waals surface area contributed by atoms with E-state index in [-0.39, 0.29) is 16.9 Å². The molecule has 2 rings (SSSR count). The number of piperazine rings is 1. The molecule has 1 saturated heterocycles. The van der Waals surface area contributed by atoms with Crippen LogP contribution < -0.4 is 15.1 Å².